The summed E-state index contributed by atoms with van der Waals surface area (Å²) in [5, 5.41) is 0. The molecule has 0 atom stereocenters. The quantitative estimate of drug-likeness (QED) is 0.401. The molecule has 1 heteroatoms. The zero-order valence-electron chi connectivity index (χ0n) is 13.8. The van der Waals surface area contributed by atoms with E-state index in [-0.39, 0.29) is 0 Å². The molecule has 0 saturated heterocycles. The summed E-state index contributed by atoms with van der Waals surface area (Å²) in [4.78, 5) is 0. The van der Waals surface area contributed by atoms with E-state index in [2.05, 4.69) is 60.7 Å². The van der Waals surface area contributed by atoms with Gasteiger partial charge >= 0.3 is 0 Å². The first kappa shape index (κ1) is 15.2. The third kappa shape index (κ3) is 3.61. The molecule has 0 unspecified atom stereocenters. The molecule has 0 fully saturated rings. The molecule has 0 aliphatic heterocycles. The second-order valence-electron chi connectivity index (χ2n) is 5.89. The Labute approximate surface area is 148 Å². The van der Waals surface area contributed by atoms with Crippen molar-refractivity contribution in [3.05, 3.63) is 109 Å². The number of rotatable bonds is 4. The van der Waals surface area contributed by atoms with E-state index in [9.17, 15) is 0 Å². The van der Waals surface area contributed by atoms with E-state index in [0.717, 1.165) is 11.5 Å². The molecular formula is C24H18O. The minimum atomic E-state index is 0.842. The lowest BCUT2D eigenvalue weighted by atomic mass is 9.99. The molecule has 0 amide bonds. The molecule has 0 N–H and O–H groups in total. The number of ether oxygens (including phenoxy) is 1. The van der Waals surface area contributed by atoms with Crippen LogP contribution in [0.25, 0.3) is 22.3 Å². The predicted octanol–water partition coefficient (Wildman–Crippen LogP) is 6.81. The van der Waals surface area contributed by atoms with Gasteiger partial charge in [0.15, 0.2) is 0 Å². The van der Waals surface area contributed by atoms with E-state index in [0.29, 0.717) is 0 Å². The molecule has 0 radical (unpaired) electrons. The van der Waals surface area contributed by atoms with Gasteiger partial charge < -0.3 is 4.74 Å². The van der Waals surface area contributed by atoms with E-state index in [1.165, 1.54) is 22.3 Å². The van der Waals surface area contributed by atoms with Crippen molar-refractivity contribution in [1.29, 1.82) is 0 Å². The van der Waals surface area contributed by atoms with Crippen LogP contribution in [0.4, 0.5) is 0 Å². The maximum absolute atomic E-state index is 5.86. The first-order chi connectivity index (χ1) is 12.4. The summed E-state index contributed by atoms with van der Waals surface area (Å²) in [6, 6.07) is 37.1. The van der Waals surface area contributed by atoms with Crippen LogP contribution in [0.2, 0.25) is 0 Å². The zero-order valence-corrected chi connectivity index (χ0v) is 13.8. The molecule has 0 aliphatic carbocycles. The van der Waals surface area contributed by atoms with Crippen molar-refractivity contribution in [3.8, 4) is 33.8 Å². The molecule has 0 aliphatic rings. The summed E-state index contributed by atoms with van der Waals surface area (Å²) < 4.78 is 5.86. The van der Waals surface area contributed by atoms with Gasteiger partial charge in [-0.25, -0.2) is 0 Å². The Bertz CT molecular complexity index is 942. The molecule has 4 aromatic rings. The van der Waals surface area contributed by atoms with Crippen molar-refractivity contribution in [2.75, 3.05) is 0 Å². The van der Waals surface area contributed by atoms with Crippen LogP contribution in [0.1, 0.15) is 0 Å². The average Bonchev–Trinajstić information content (AvgIpc) is 2.70. The normalized spacial score (nSPS) is 10.4. The molecule has 0 aromatic heterocycles. The molecule has 0 bridgehead atoms. The number of para-hydroxylation sites is 1. The molecule has 120 valence electrons. The molecule has 25 heavy (non-hydrogen) atoms. The summed E-state index contributed by atoms with van der Waals surface area (Å²) in [7, 11) is 0. The highest BCUT2D eigenvalue weighted by Crippen LogP contribution is 2.28. The Hall–Kier alpha value is -3.32. The Kier molecular flexibility index (Phi) is 4.30. The van der Waals surface area contributed by atoms with Crippen LogP contribution in [-0.2, 0) is 0 Å². The van der Waals surface area contributed by atoms with E-state index in [4.69, 9.17) is 4.74 Å². The van der Waals surface area contributed by atoms with Crippen LogP contribution >= 0.6 is 0 Å². The summed E-state index contributed by atoms with van der Waals surface area (Å²) >= 11 is 0. The first-order valence-corrected chi connectivity index (χ1v) is 8.37. The van der Waals surface area contributed by atoms with Crippen molar-refractivity contribution < 1.29 is 4.74 Å². The van der Waals surface area contributed by atoms with Crippen molar-refractivity contribution in [2.45, 2.75) is 0 Å². The zero-order chi connectivity index (χ0) is 16.9. The first-order valence-electron chi connectivity index (χ1n) is 8.37. The molecule has 4 rings (SSSR count). The summed E-state index contributed by atoms with van der Waals surface area (Å²) in [6.45, 7) is 0. The third-order valence-corrected chi connectivity index (χ3v) is 4.14. The van der Waals surface area contributed by atoms with Crippen LogP contribution in [0.5, 0.6) is 11.5 Å². The Morgan fingerprint density at radius 2 is 0.840 bits per heavy atom. The van der Waals surface area contributed by atoms with Gasteiger partial charge in [0, 0.05) is 0 Å². The smallest absolute Gasteiger partial charge is 0.127 e. The van der Waals surface area contributed by atoms with Crippen LogP contribution < -0.4 is 4.74 Å². The maximum Gasteiger partial charge on any atom is 0.127 e. The molecule has 1 nitrogen and oxygen atoms in total. The number of benzene rings is 4. The van der Waals surface area contributed by atoms with Gasteiger partial charge in [-0.1, -0.05) is 78.9 Å². The van der Waals surface area contributed by atoms with Gasteiger partial charge in [-0.15, -0.1) is 0 Å². The standard InChI is InChI=1S/C24H18O/c1-3-8-19(9-4-1)21-10-7-11-22(18-21)20-14-16-24(17-15-20)25-23-12-5-2-6-13-23/h1-18H. The maximum atomic E-state index is 5.86. The lowest BCUT2D eigenvalue weighted by Gasteiger charge is -2.08. The van der Waals surface area contributed by atoms with Gasteiger partial charge in [0.25, 0.3) is 0 Å². The lowest BCUT2D eigenvalue weighted by molar-refractivity contribution is 0.483. The number of hydrogen-bond donors (Lipinski definition) is 0. The van der Waals surface area contributed by atoms with E-state index >= 15 is 0 Å². The van der Waals surface area contributed by atoms with Gasteiger partial charge in [-0.2, -0.15) is 0 Å². The second kappa shape index (κ2) is 7.06. The predicted molar refractivity (Wildman–Crippen MR) is 104 cm³/mol. The van der Waals surface area contributed by atoms with E-state index < -0.39 is 0 Å². The highest BCUT2D eigenvalue weighted by atomic mass is 16.5. The fraction of sp³-hybridized carbons (Fsp3) is 0. The van der Waals surface area contributed by atoms with Crippen LogP contribution in [0, 0.1) is 0 Å². The highest BCUT2D eigenvalue weighted by Gasteiger charge is 2.03. The fourth-order valence-electron chi connectivity index (χ4n) is 2.85. The van der Waals surface area contributed by atoms with Gasteiger partial charge in [-0.05, 0) is 52.6 Å². The SMILES string of the molecule is c1ccc(Oc2ccc(-c3cccc(-c4ccccc4)c3)cc2)cc1. The van der Waals surface area contributed by atoms with Crippen LogP contribution in [-0.4, -0.2) is 0 Å². The monoisotopic (exact) mass is 322 g/mol. The highest BCUT2D eigenvalue weighted by molar-refractivity contribution is 5.73. The Morgan fingerprint density at radius 3 is 1.48 bits per heavy atom. The Morgan fingerprint density at radius 1 is 0.360 bits per heavy atom. The summed E-state index contributed by atoms with van der Waals surface area (Å²) in [5.74, 6) is 1.69. The van der Waals surface area contributed by atoms with Gasteiger partial charge in [-0.3, -0.25) is 0 Å². The molecule has 0 heterocycles. The van der Waals surface area contributed by atoms with Crippen LogP contribution in [0.3, 0.4) is 0 Å². The number of hydrogen-bond acceptors (Lipinski definition) is 1. The average molecular weight is 322 g/mol. The molecule has 0 saturated carbocycles. The van der Waals surface area contributed by atoms with E-state index in [1.54, 1.807) is 0 Å². The minimum absolute atomic E-state index is 0.842. The van der Waals surface area contributed by atoms with Crippen LogP contribution in [0.15, 0.2) is 109 Å². The second-order valence-corrected chi connectivity index (χ2v) is 5.89. The summed E-state index contributed by atoms with van der Waals surface area (Å²) in [5.41, 5.74) is 4.84. The third-order valence-electron chi connectivity index (χ3n) is 4.14. The van der Waals surface area contributed by atoms with Gasteiger partial charge in [0.1, 0.15) is 11.5 Å². The lowest BCUT2D eigenvalue weighted by Crippen LogP contribution is -1.84. The molecular weight excluding hydrogens is 304 g/mol. The Balaban J connectivity index is 1.58. The van der Waals surface area contributed by atoms with Crippen molar-refractivity contribution >= 4 is 0 Å². The summed E-state index contributed by atoms with van der Waals surface area (Å²) in [6.07, 6.45) is 0. The van der Waals surface area contributed by atoms with Gasteiger partial charge in [0.2, 0.25) is 0 Å². The molecule has 4 aromatic carbocycles. The van der Waals surface area contributed by atoms with Crippen molar-refractivity contribution in [1.82, 2.24) is 0 Å². The topological polar surface area (TPSA) is 9.23 Å². The molecule has 0 spiro atoms. The van der Waals surface area contributed by atoms with Crippen molar-refractivity contribution in [2.24, 2.45) is 0 Å². The van der Waals surface area contributed by atoms with E-state index in [1.807, 2.05) is 48.5 Å². The van der Waals surface area contributed by atoms with Crippen molar-refractivity contribution in [3.63, 3.8) is 0 Å². The minimum Gasteiger partial charge on any atom is -0.457 e. The van der Waals surface area contributed by atoms with Gasteiger partial charge in [0.05, 0.1) is 0 Å². The fourth-order valence-corrected chi connectivity index (χ4v) is 2.85. The largest absolute Gasteiger partial charge is 0.457 e.